The van der Waals surface area contributed by atoms with Gasteiger partial charge >= 0.3 is 0 Å². The third kappa shape index (κ3) is 4.20. The summed E-state index contributed by atoms with van der Waals surface area (Å²) < 4.78 is 17.5. The third-order valence-corrected chi connectivity index (χ3v) is 1.04. The molecule has 0 fully saturated rings. The minimum atomic E-state index is -1.73. The quantitative estimate of drug-likeness (QED) is 0.422. The number of hydrogen-bond donors (Lipinski definition) is 1. The molecule has 0 aliphatic carbocycles. The van der Waals surface area contributed by atoms with Crippen LogP contribution in [0.15, 0.2) is 0 Å². The van der Waals surface area contributed by atoms with Crippen LogP contribution in [0, 0.1) is 0 Å². The zero-order chi connectivity index (χ0) is 4.99. The summed E-state index contributed by atoms with van der Waals surface area (Å²) in [5.74, 6) is 0.0926. The van der Waals surface area contributed by atoms with Gasteiger partial charge in [0, 0.05) is 0 Å². The maximum atomic E-state index is 9.61. The molecule has 0 bridgehead atoms. The summed E-state index contributed by atoms with van der Waals surface area (Å²) in [7, 11) is 0. The Bertz CT molecular complexity index is 69.9. The van der Waals surface area contributed by atoms with Crippen LogP contribution in [0.4, 0.5) is 0 Å². The molecule has 4 heteroatoms. The van der Waals surface area contributed by atoms with Crippen LogP contribution in [0.1, 0.15) is 0 Å². The summed E-state index contributed by atoms with van der Waals surface area (Å²) >= 11 is 2.52. The Morgan fingerprint density at radius 3 is 2.50 bits per heavy atom. The van der Waals surface area contributed by atoms with E-state index in [1.54, 1.807) is 0 Å². The van der Waals surface area contributed by atoms with Crippen LogP contribution in [0.5, 0.6) is 0 Å². The molecule has 0 saturated carbocycles. The van der Waals surface area contributed by atoms with Crippen LogP contribution in [0.2, 0.25) is 0 Å². The maximum absolute atomic E-state index is 9.61. The fourth-order valence-corrected chi connectivity index (χ4v) is 0.524. The molecule has 0 aromatic rings. The van der Waals surface area contributed by atoms with Crippen molar-refractivity contribution < 1.29 is 8.76 Å². The summed E-state index contributed by atoms with van der Waals surface area (Å²) in [4.78, 5) is 0. The molecule has 1 atom stereocenters. The van der Waals surface area contributed by atoms with Gasteiger partial charge in [-0.15, -0.1) is 0 Å². The first kappa shape index (κ1) is 6.20. The predicted octanol–water partition coefficient (Wildman–Crippen LogP) is 0.208. The molecular formula is C2H4O2S2. The average Bonchev–Trinajstić information content (AvgIpc) is 1.35. The van der Waals surface area contributed by atoms with Crippen LogP contribution in [-0.2, 0) is 11.1 Å². The summed E-state index contributed by atoms with van der Waals surface area (Å²) in [5, 5.41) is 1.23. The zero-order valence-electron chi connectivity index (χ0n) is 2.96. The summed E-state index contributed by atoms with van der Waals surface area (Å²) in [6.45, 7) is 0. The van der Waals surface area contributed by atoms with E-state index in [0.29, 0.717) is 0 Å². The fraction of sp³-hybridized carbons (Fsp3) is 0.500. The second kappa shape index (κ2) is 3.39. The number of thiocarbonyl (C=S) groups is 1. The van der Waals surface area contributed by atoms with E-state index in [-0.39, 0.29) is 5.75 Å². The highest BCUT2D eigenvalue weighted by molar-refractivity contribution is 7.84. The standard InChI is InChI=1S/C2H4O2S2/c3-6(4)2-1-5/h1H,2H2,(H,3,4). The van der Waals surface area contributed by atoms with E-state index in [1.165, 1.54) is 5.37 Å². The summed E-state index contributed by atoms with van der Waals surface area (Å²) in [6.07, 6.45) is 0. The molecule has 0 radical (unpaired) electrons. The molecule has 2 nitrogen and oxygen atoms in total. The molecule has 0 aliphatic heterocycles. The van der Waals surface area contributed by atoms with Crippen molar-refractivity contribution in [2.45, 2.75) is 0 Å². The molecular weight excluding hydrogens is 120 g/mol. The molecule has 36 valence electrons. The van der Waals surface area contributed by atoms with Crippen LogP contribution in [0.3, 0.4) is 0 Å². The topological polar surface area (TPSA) is 37.3 Å². The van der Waals surface area contributed by atoms with Gasteiger partial charge in [-0.2, -0.15) is 0 Å². The molecule has 1 unspecified atom stereocenters. The van der Waals surface area contributed by atoms with Gasteiger partial charge in [0.15, 0.2) is 11.1 Å². The van der Waals surface area contributed by atoms with Crippen molar-refractivity contribution in [3.8, 4) is 0 Å². The second-order valence-electron chi connectivity index (χ2n) is 0.655. The first-order valence-electron chi connectivity index (χ1n) is 1.28. The van der Waals surface area contributed by atoms with E-state index in [0.717, 1.165) is 0 Å². The van der Waals surface area contributed by atoms with Gasteiger partial charge in [-0.05, 0) is 5.37 Å². The largest absolute Gasteiger partial charge is 0.306 e. The molecule has 0 amide bonds. The fourth-order valence-electron chi connectivity index (χ4n) is 0.0582. The smallest absolute Gasteiger partial charge is 0.157 e. The Hall–Kier alpha value is 0.200. The van der Waals surface area contributed by atoms with Gasteiger partial charge in [0.05, 0.1) is 5.75 Å². The first-order chi connectivity index (χ1) is 2.77. The Labute approximate surface area is 43.8 Å². The molecule has 0 saturated heterocycles. The van der Waals surface area contributed by atoms with Crippen molar-refractivity contribution in [3.05, 3.63) is 0 Å². The van der Waals surface area contributed by atoms with Gasteiger partial charge in [-0.3, -0.25) is 0 Å². The summed E-state index contributed by atoms with van der Waals surface area (Å²) in [5.41, 5.74) is 0. The Kier molecular flexibility index (Phi) is 3.51. The van der Waals surface area contributed by atoms with Gasteiger partial charge in [-0.1, -0.05) is 12.2 Å². The van der Waals surface area contributed by atoms with Gasteiger partial charge in [-0.25, -0.2) is 4.21 Å². The molecule has 0 heterocycles. The van der Waals surface area contributed by atoms with Gasteiger partial charge in [0.1, 0.15) is 0 Å². The Morgan fingerprint density at radius 2 is 2.50 bits per heavy atom. The van der Waals surface area contributed by atoms with Gasteiger partial charge < -0.3 is 4.55 Å². The molecule has 0 rings (SSSR count). The van der Waals surface area contributed by atoms with Crippen LogP contribution >= 0.6 is 12.2 Å². The monoisotopic (exact) mass is 124 g/mol. The summed E-state index contributed by atoms with van der Waals surface area (Å²) in [6, 6.07) is 0. The Morgan fingerprint density at radius 1 is 2.00 bits per heavy atom. The highest BCUT2D eigenvalue weighted by Gasteiger charge is 1.81. The highest BCUT2D eigenvalue weighted by Crippen LogP contribution is 1.65. The van der Waals surface area contributed by atoms with Crippen molar-refractivity contribution in [1.82, 2.24) is 0 Å². The molecule has 0 aromatic heterocycles. The lowest BCUT2D eigenvalue weighted by atomic mass is 11.0. The van der Waals surface area contributed by atoms with Crippen molar-refractivity contribution in [1.29, 1.82) is 0 Å². The Balaban J connectivity index is 3.05. The van der Waals surface area contributed by atoms with E-state index in [2.05, 4.69) is 12.2 Å². The second-order valence-corrected chi connectivity index (χ2v) is 1.96. The molecule has 6 heavy (non-hydrogen) atoms. The number of rotatable bonds is 2. The molecule has 0 aliphatic rings. The minimum Gasteiger partial charge on any atom is -0.306 e. The normalized spacial score (nSPS) is 13.5. The van der Waals surface area contributed by atoms with E-state index in [4.69, 9.17) is 4.55 Å². The SMILES string of the molecule is O=S(O)CC=S. The van der Waals surface area contributed by atoms with E-state index < -0.39 is 11.1 Å². The van der Waals surface area contributed by atoms with Crippen molar-refractivity contribution in [3.63, 3.8) is 0 Å². The average molecular weight is 124 g/mol. The maximum Gasteiger partial charge on any atom is 0.157 e. The van der Waals surface area contributed by atoms with Gasteiger partial charge in [0.25, 0.3) is 0 Å². The predicted molar refractivity (Wildman–Crippen MR) is 29.3 cm³/mol. The van der Waals surface area contributed by atoms with Gasteiger partial charge in [0.2, 0.25) is 0 Å². The van der Waals surface area contributed by atoms with Crippen molar-refractivity contribution in [2.75, 3.05) is 5.75 Å². The lowest BCUT2D eigenvalue weighted by Crippen LogP contribution is -1.91. The number of hydrogen-bond acceptors (Lipinski definition) is 2. The minimum absolute atomic E-state index is 0.0926. The van der Waals surface area contributed by atoms with Crippen LogP contribution in [0.25, 0.3) is 0 Å². The van der Waals surface area contributed by atoms with Crippen LogP contribution in [-0.4, -0.2) is 19.9 Å². The lowest BCUT2D eigenvalue weighted by molar-refractivity contribution is 0.569. The van der Waals surface area contributed by atoms with Crippen molar-refractivity contribution >= 4 is 28.7 Å². The van der Waals surface area contributed by atoms with E-state index in [9.17, 15) is 4.21 Å². The van der Waals surface area contributed by atoms with Crippen LogP contribution < -0.4 is 0 Å². The highest BCUT2D eigenvalue weighted by atomic mass is 32.2. The van der Waals surface area contributed by atoms with E-state index >= 15 is 0 Å². The molecule has 0 aromatic carbocycles. The first-order valence-corrected chi connectivity index (χ1v) is 3.03. The lowest BCUT2D eigenvalue weighted by Gasteiger charge is -1.75. The molecule has 0 spiro atoms. The third-order valence-electron chi connectivity index (χ3n) is 0.211. The van der Waals surface area contributed by atoms with E-state index in [1.807, 2.05) is 0 Å². The molecule has 1 N–H and O–H groups in total. The van der Waals surface area contributed by atoms with Crippen molar-refractivity contribution in [2.24, 2.45) is 0 Å². The zero-order valence-corrected chi connectivity index (χ0v) is 4.59.